The van der Waals surface area contributed by atoms with Crippen LogP contribution in [0.4, 0.5) is 23.1 Å². The molecule has 0 saturated heterocycles. The monoisotopic (exact) mass is 431 g/mol. The Morgan fingerprint density at radius 2 is 1.84 bits per heavy atom. The summed E-state index contributed by atoms with van der Waals surface area (Å²) < 4.78 is 7.86. The van der Waals surface area contributed by atoms with Gasteiger partial charge in [0.15, 0.2) is 17.0 Å². The van der Waals surface area contributed by atoms with Gasteiger partial charge in [-0.15, -0.1) is 0 Å². The van der Waals surface area contributed by atoms with Crippen LogP contribution in [0.15, 0.2) is 60.9 Å². The van der Waals surface area contributed by atoms with E-state index in [1.165, 1.54) is 0 Å². The third kappa shape index (κ3) is 4.74. The Labute approximate surface area is 188 Å². The number of benzene rings is 2. The molecule has 0 unspecified atom stereocenters. The van der Waals surface area contributed by atoms with Crippen molar-refractivity contribution in [3.63, 3.8) is 0 Å². The maximum Gasteiger partial charge on any atom is 0.210 e. The molecule has 0 saturated carbocycles. The highest BCUT2D eigenvalue weighted by Crippen LogP contribution is 2.29. The Morgan fingerprint density at radius 3 is 2.59 bits per heavy atom. The first kappa shape index (κ1) is 21.4. The van der Waals surface area contributed by atoms with E-state index >= 15 is 0 Å². The summed E-state index contributed by atoms with van der Waals surface area (Å²) in [6.45, 7) is 5.35. The summed E-state index contributed by atoms with van der Waals surface area (Å²) in [6, 6.07) is 18.2. The number of fused-ring (bicyclic) bond motifs is 1. The lowest BCUT2D eigenvalue weighted by Crippen LogP contribution is -2.13. The van der Waals surface area contributed by atoms with E-state index in [9.17, 15) is 0 Å². The van der Waals surface area contributed by atoms with Crippen LogP contribution < -0.4 is 20.3 Å². The Kier molecular flexibility index (Phi) is 6.39. The molecule has 166 valence electrons. The van der Waals surface area contributed by atoms with Crippen LogP contribution in [0.1, 0.15) is 19.9 Å². The van der Waals surface area contributed by atoms with Crippen molar-refractivity contribution < 1.29 is 4.74 Å². The fraction of sp³-hybridized carbons (Fsp3) is 0.292. The minimum Gasteiger partial charge on any atom is -0.492 e. The smallest absolute Gasteiger partial charge is 0.210 e. The van der Waals surface area contributed by atoms with Crippen molar-refractivity contribution in [1.29, 1.82) is 0 Å². The first-order valence-electron chi connectivity index (χ1n) is 10.7. The number of nitrogens with one attached hydrogen (secondary N) is 2. The maximum atomic E-state index is 5.77. The van der Waals surface area contributed by atoms with Crippen LogP contribution in [0.2, 0.25) is 0 Å². The first-order chi connectivity index (χ1) is 15.5. The molecule has 0 radical (unpaired) electrons. The number of rotatable bonds is 9. The molecule has 0 amide bonds. The Bertz CT molecular complexity index is 1170. The topological polar surface area (TPSA) is 80.1 Å². The van der Waals surface area contributed by atoms with Gasteiger partial charge in [-0.1, -0.05) is 24.3 Å². The van der Waals surface area contributed by atoms with E-state index < -0.39 is 0 Å². The number of imidazole rings is 1. The zero-order valence-corrected chi connectivity index (χ0v) is 18.9. The Hall–Kier alpha value is -3.81. The minimum atomic E-state index is 0.170. The highest BCUT2D eigenvalue weighted by molar-refractivity contribution is 5.86. The first-order valence-corrected chi connectivity index (χ1v) is 10.7. The van der Waals surface area contributed by atoms with E-state index in [2.05, 4.69) is 56.0 Å². The van der Waals surface area contributed by atoms with Crippen LogP contribution in [-0.2, 0) is 0 Å². The summed E-state index contributed by atoms with van der Waals surface area (Å²) in [7, 11) is 4.05. The molecule has 4 rings (SSSR count). The molecule has 0 aliphatic heterocycles. The molecule has 0 spiro atoms. The number of anilines is 4. The van der Waals surface area contributed by atoms with Crippen LogP contribution in [0.5, 0.6) is 5.75 Å². The quantitative estimate of drug-likeness (QED) is 0.372. The van der Waals surface area contributed by atoms with Gasteiger partial charge in [-0.2, -0.15) is 0 Å². The van der Waals surface area contributed by atoms with Crippen molar-refractivity contribution in [1.82, 2.24) is 19.5 Å². The maximum absolute atomic E-state index is 5.77. The summed E-state index contributed by atoms with van der Waals surface area (Å²) in [6.07, 6.45) is 1.57. The molecule has 0 aliphatic rings. The van der Waals surface area contributed by atoms with Crippen molar-refractivity contribution in [2.45, 2.75) is 19.9 Å². The van der Waals surface area contributed by atoms with Gasteiger partial charge in [-0.25, -0.2) is 15.0 Å². The molecule has 8 nitrogen and oxygen atoms in total. The average Bonchev–Trinajstić information content (AvgIpc) is 3.16. The van der Waals surface area contributed by atoms with E-state index in [1.54, 1.807) is 6.33 Å². The van der Waals surface area contributed by atoms with Gasteiger partial charge in [0.25, 0.3) is 0 Å². The normalized spacial score (nSPS) is 11.0. The second-order valence-electron chi connectivity index (χ2n) is 7.95. The van der Waals surface area contributed by atoms with Crippen molar-refractivity contribution in [3.05, 3.63) is 60.9 Å². The molecule has 0 fully saturated rings. The van der Waals surface area contributed by atoms with Crippen molar-refractivity contribution >= 4 is 34.3 Å². The predicted octanol–water partition coefficient (Wildman–Crippen LogP) is 4.71. The molecular weight excluding hydrogens is 402 g/mol. The lowest BCUT2D eigenvalue weighted by atomic mass is 10.2. The lowest BCUT2D eigenvalue weighted by molar-refractivity contribution is 0.333. The molecule has 2 aromatic heterocycles. The molecule has 0 atom stereocenters. The van der Waals surface area contributed by atoms with Crippen molar-refractivity contribution in [3.8, 4) is 5.75 Å². The highest BCUT2D eigenvalue weighted by Gasteiger charge is 2.18. The largest absolute Gasteiger partial charge is 0.492 e. The van der Waals surface area contributed by atoms with Gasteiger partial charge in [0, 0.05) is 31.5 Å². The third-order valence-corrected chi connectivity index (χ3v) is 5.02. The predicted molar refractivity (Wildman–Crippen MR) is 130 cm³/mol. The van der Waals surface area contributed by atoms with Gasteiger partial charge in [0.2, 0.25) is 5.95 Å². The molecule has 8 heteroatoms. The van der Waals surface area contributed by atoms with E-state index in [1.807, 2.05) is 56.6 Å². The molecular formula is C24H29N7O. The van der Waals surface area contributed by atoms with Crippen LogP contribution >= 0.6 is 0 Å². The fourth-order valence-corrected chi connectivity index (χ4v) is 3.46. The van der Waals surface area contributed by atoms with Gasteiger partial charge in [0.1, 0.15) is 18.7 Å². The summed E-state index contributed by atoms with van der Waals surface area (Å²) in [5, 5.41) is 6.80. The SMILES string of the molecule is CC(C)n1c(Nc2cccc(N(C)C)c2)nc2c(NCCOc3ccccc3)ncnc21. The second kappa shape index (κ2) is 9.55. The van der Waals surface area contributed by atoms with Gasteiger partial charge >= 0.3 is 0 Å². The standard InChI is InChI=1S/C24H29N7O/c1-17(2)31-23-21(29-24(31)28-18-9-8-10-19(15-18)30(3)4)22(26-16-27-23)25-13-14-32-20-11-6-5-7-12-20/h5-12,15-17H,13-14H2,1-4H3,(H,28,29)(H,25,26,27). The molecule has 2 N–H and O–H groups in total. The number of hydrogen-bond donors (Lipinski definition) is 2. The van der Waals surface area contributed by atoms with Crippen LogP contribution in [0, 0.1) is 0 Å². The van der Waals surface area contributed by atoms with Crippen LogP contribution in [0.25, 0.3) is 11.2 Å². The van der Waals surface area contributed by atoms with Gasteiger partial charge in [0.05, 0.1) is 6.54 Å². The zero-order valence-electron chi connectivity index (χ0n) is 18.9. The molecule has 32 heavy (non-hydrogen) atoms. The number of ether oxygens (including phenoxy) is 1. The van der Waals surface area contributed by atoms with E-state index in [0.717, 1.165) is 34.2 Å². The van der Waals surface area contributed by atoms with E-state index in [-0.39, 0.29) is 6.04 Å². The van der Waals surface area contributed by atoms with E-state index in [0.29, 0.717) is 19.0 Å². The highest BCUT2D eigenvalue weighted by atomic mass is 16.5. The number of nitrogens with zero attached hydrogens (tertiary/aromatic N) is 5. The molecule has 0 bridgehead atoms. The Morgan fingerprint density at radius 1 is 1.03 bits per heavy atom. The summed E-state index contributed by atoms with van der Waals surface area (Å²) >= 11 is 0. The second-order valence-corrected chi connectivity index (χ2v) is 7.95. The summed E-state index contributed by atoms with van der Waals surface area (Å²) in [5.41, 5.74) is 3.59. The zero-order chi connectivity index (χ0) is 22.5. The third-order valence-electron chi connectivity index (χ3n) is 5.02. The molecule has 2 aromatic carbocycles. The van der Waals surface area contributed by atoms with Crippen molar-refractivity contribution in [2.24, 2.45) is 0 Å². The van der Waals surface area contributed by atoms with Gasteiger partial charge in [-0.3, -0.25) is 4.57 Å². The summed E-state index contributed by atoms with van der Waals surface area (Å²) in [4.78, 5) is 15.9. The van der Waals surface area contributed by atoms with E-state index in [4.69, 9.17) is 9.72 Å². The minimum absolute atomic E-state index is 0.170. The number of hydrogen-bond acceptors (Lipinski definition) is 7. The average molecular weight is 432 g/mol. The molecule has 0 aliphatic carbocycles. The lowest BCUT2D eigenvalue weighted by Gasteiger charge is -2.16. The molecule has 4 aromatic rings. The van der Waals surface area contributed by atoms with Crippen molar-refractivity contribution in [2.75, 3.05) is 42.8 Å². The van der Waals surface area contributed by atoms with Gasteiger partial charge < -0.3 is 20.3 Å². The summed E-state index contributed by atoms with van der Waals surface area (Å²) in [5.74, 6) is 2.27. The number of para-hydroxylation sites is 1. The number of aromatic nitrogens is 4. The van der Waals surface area contributed by atoms with Gasteiger partial charge in [-0.05, 0) is 44.2 Å². The van der Waals surface area contributed by atoms with Crippen LogP contribution in [-0.4, -0.2) is 46.8 Å². The fourth-order valence-electron chi connectivity index (χ4n) is 3.46. The molecule has 2 heterocycles. The van der Waals surface area contributed by atoms with Crippen LogP contribution in [0.3, 0.4) is 0 Å². The Balaban J connectivity index is 1.56.